The van der Waals surface area contributed by atoms with Crippen LogP contribution < -0.4 is 10.5 Å². The van der Waals surface area contributed by atoms with Crippen molar-refractivity contribution < 1.29 is 4.74 Å². The molecule has 1 saturated heterocycles. The molecule has 0 aromatic carbocycles. The van der Waals surface area contributed by atoms with Crippen LogP contribution >= 0.6 is 0 Å². The highest BCUT2D eigenvalue weighted by Crippen LogP contribution is 2.05. The maximum absolute atomic E-state index is 5.34. The molecule has 5 heteroatoms. The number of morpholine rings is 1. The lowest BCUT2D eigenvalue weighted by atomic mass is 10.4. The first-order chi connectivity index (χ1) is 9.05. The molecule has 1 aliphatic heterocycles. The second-order valence-electron chi connectivity index (χ2n) is 6.06. The molecule has 2 heterocycles. The van der Waals surface area contributed by atoms with Crippen LogP contribution in [0.5, 0.6) is 0 Å². The van der Waals surface area contributed by atoms with Crippen molar-refractivity contribution in [3.63, 3.8) is 0 Å². The first-order valence-corrected chi connectivity index (χ1v) is 10.6. The van der Waals surface area contributed by atoms with Gasteiger partial charge in [-0.15, -0.1) is 0 Å². The van der Waals surface area contributed by atoms with Gasteiger partial charge in [0.1, 0.15) is 5.82 Å². The summed E-state index contributed by atoms with van der Waals surface area (Å²) in [4.78, 5) is 6.93. The predicted molar refractivity (Wildman–Crippen MR) is 83.0 cm³/mol. The van der Waals surface area contributed by atoms with Gasteiger partial charge in [0, 0.05) is 32.4 Å². The SMILES string of the molecule is C[Si](C)(C)c1ccc(NCCN2CCOCC2)nc1. The van der Waals surface area contributed by atoms with Crippen LogP contribution in [-0.4, -0.2) is 57.4 Å². The average Bonchev–Trinajstić information content (AvgIpc) is 2.39. The number of nitrogens with zero attached hydrogens (tertiary/aromatic N) is 2. The van der Waals surface area contributed by atoms with Crippen LogP contribution in [0.15, 0.2) is 18.3 Å². The summed E-state index contributed by atoms with van der Waals surface area (Å²) in [5, 5.41) is 4.80. The van der Waals surface area contributed by atoms with Gasteiger partial charge < -0.3 is 10.1 Å². The molecule has 1 aromatic rings. The summed E-state index contributed by atoms with van der Waals surface area (Å²) < 4.78 is 5.34. The Labute approximate surface area is 117 Å². The molecule has 0 amide bonds. The van der Waals surface area contributed by atoms with E-state index >= 15 is 0 Å². The highest BCUT2D eigenvalue weighted by atomic mass is 28.3. The van der Waals surface area contributed by atoms with Crippen LogP contribution in [0, 0.1) is 0 Å². The van der Waals surface area contributed by atoms with Gasteiger partial charge in [-0.25, -0.2) is 4.98 Å². The van der Waals surface area contributed by atoms with Crippen LogP contribution in [0.4, 0.5) is 5.82 Å². The van der Waals surface area contributed by atoms with E-state index < -0.39 is 8.07 Å². The molecule has 106 valence electrons. The Hall–Kier alpha value is -0.913. The standard InChI is InChI=1S/C14H25N3OSi/c1-19(2,3)13-4-5-14(16-12-13)15-6-7-17-8-10-18-11-9-17/h4-5,12H,6-11H2,1-3H3,(H,15,16). The molecular formula is C14H25N3OSi. The molecule has 0 saturated carbocycles. The zero-order valence-electron chi connectivity index (χ0n) is 12.3. The monoisotopic (exact) mass is 279 g/mol. The first-order valence-electron chi connectivity index (χ1n) is 7.06. The number of hydrogen-bond donors (Lipinski definition) is 1. The lowest BCUT2D eigenvalue weighted by molar-refractivity contribution is 0.0398. The van der Waals surface area contributed by atoms with E-state index in [4.69, 9.17) is 4.74 Å². The minimum Gasteiger partial charge on any atom is -0.379 e. The molecule has 2 rings (SSSR count). The van der Waals surface area contributed by atoms with Crippen molar-refractivity contribution in [1.82, 2.24) is 9.88 Å². The number of pyridine rings is 1. The Kier molecular flexibility index (Phi) is 4.96. The number of hydrogen-bond acceptors (Lipinski definition) is 4. The summed E-state index contributed by atoms with van der Waals surface area (Å²) in [6, 6.07) is 4.32. The van der Waals surface area contributed by atoms with Crippen molar-refractivity contribution in [3.8, 4) is 0 Å². The molecule has 0 radical (unpaired) electrons. The van der Waals surface area contributed by atoms with E-state index in [1.165, 1.54) is 5.19 Å². The minimum atomic E-state index is -1.23. The lowest BCUT2D eigenvalue weighted by Crippen LogP contribution is -2.39. The molecule has 1 N–H and O–H groups in total. The second kappa shape index (κ2) is 6.50. The highest BCUT2D eigenvalue weighted by molar-refractivity contribution is 6.88. The van der Waals surface area contributed by atoms with Crippen molar-refractivity contribution >= 4 is 19.1 Å². The molecule has 1 fully saturated rings. The molecule has 0 spiro atoms. The number of anilines is 1. The van der Waals surface area contributed by atoms with Crippen molar-refractivity contribution in [1.29, 1.82) is 0 Å². The number of aromatic nitrogens is 1. The van der Waals surface area contributed by atoms with Crippen LogP contribution in [0.3, 0.4) is 0 Å². The van der Waals surface area contributed by atoms with Gasteiger partial charge in [0.2, 0.25) is 0 Å². The topological polar surface area (TPSA) is 37.4 Å². The van der Waals surface area contributed by atoms with Gasteiger partial charge in [0.05, 0.1) is 21.3 Å². The predicted octanol–water partition coefficient (Wildman–Crippen LogP) is 1.37. The van der Waals surface area contributed by atoms with Crippen molar-refractivity contribution in [3.05, 3.63) is 18.3 Å². The van der Waals surface area contributed by atoms with Gasteiger partial charge in [-0.3, -0.25) is 4.90 Å². The van der Waals surface area contributed by atoms with Crippen LogP contribution in [0.2, 0.25) is 19.6 Å². The van der Waals surface area contributed by atoms with Gasteiger partial charge in [-0.05, 0) is 11.3 Å². The summed E-state index contributed by atoms with van der Waals surface area (Å²) >= 11 is 0. The maximum atomic E-state index is 5.34. The maximum Gasteiger partial charge on any atom is 0.125 e. The summed E-state index contributed by atoms with van der Waals surface area (Å²) in [7, 11) is -1.23. The fraction of sp³-hybridized carbons (Fsp3) is 0.643. The molecule has 1 aromatic heterocycles. The quantitative estimate of drug-likeness (QED) is 0.826. The molecule has 0 bridgehead atoms. The van der Waals surface area contributed by atoms with Crippen molar-refractivity contribution in [2.45, 2.75) is 19.6 Å². The Balaban J connectivity index is 1.76. The average molecular weight is 279 g/mol. The molecule has 4 nitrogen and oxygen atoms in total. The van der Waals surface area contributed by atoms with E-state index in [1.807, 2.05) is 6.20 Å². The molecule has 0 unspecified atom stereocenters. The normalized spacial score (nSPS) is 17.4. The second-order valence-corrected chi connectivity index (χ2v) is 11.1. The van der Waals surface area contributed by atoms with Crippen LogP contribution in [-0.2, 0) is 4.74 Å². The van der Waals surface area contributed by atoms with E-state index in [-0.39, 0.29) is 0 Å². The molecule has 19 heavy (non-hydrogen) atoms. The zero-order valence-corrected chi connectivity index (χ0v) is 13.3. The third-order valence-electron chi connectivity index (χ3n) is 3.47. The smallest absolute Gasteiger partial charge is 0.125 e. The highest BCUT2D eigenvalue weighted by Gasteiger charge is 2.16. The summed E-state index contributed by atoms with van der Waals surface area (Å²) in [5.74, 6) is 0.982. The fourth-order valence-electron chi connectivity index (χ4n) is 2.11. The molecule has 1 aliphatic rings. The summed E-state index contributed by atoms with van der Waals surface area (Å²) in [6.45, 7) is 12.8. The van der Waals surface area contributed by atoms with Crippen LogP contribution in [0.1, 0.15) is 0 Å². The van der Waals surface area contributed by atoms with Crippen molar-refractivity contribution in [2.75, 3.05) is 44.7 Å². The van der Waals surface area contributed by atoms with Gasteiger partial charge in [0.25, 0.3) is 0 Å². The Morgan fingerprint density at radius 2 is 2.00 bits per heavy atom. The molecule has 0 aliphatic carbocycles. The largest absolute Gasteiger partial charge is 0.379 e. The van der Waals surface area contributed by atoms with Crippen molar-refractivity contribution in [2.24, 2.45) is 0 Å². The van der Waals surface area contributed by atoms with Crippen LogP contribution in [0.25, 0.3) is 0 Å². The van der Waals surface area contributed by atoms with Gasteiger partial charge >= 0.3 is 0 Å². The number of rotatable bonds is 5. The summed E-state index contributed by atoms with van der Waals surface area (Å²) in [5.41, 5.74) is 0. The lowest BCUT2D eigenvalue weighted by Gasteiger charge is -2.26. The Morgan fingerprint density at radius 3 is 2.58 bits per heavy atom. The molecular weight excluding hydrogens is 254 g/mol. The zero-order chi connectivity index (χ0) is 13.7. The van der Waals surface area contributed by atoms with Gasteiger partial charge in [0.15, 0.2) is 0 Å². The minimum absolute atomic E-state index is 0.864. The number of ether oxygens (including phenoxy) is 1. The van der Waals surface area contributed by atoms with Gasteiger partial charge in [-0.1, -0.05) is 25.7 Å². The fourth-order valence-corrected chi connectivity index (χ4v) is 3.14. The van der Waals surface area contributed by atoms with E-state index in [2.05, 4.69) is 47.0 Å². The van der Waals surface area contributed by atoms with E-state index in [9.17, 15) is 0 Å². The summed E-state index contributed by atoms with van der Waals surface area (Å²) in [6.07, 6.45) is 2.03. The van der Waals surface area contributed by atoms with Gasteiger partial charge in [-0.2, -0.15) is 0 Å². The molecule has 0 atom stereocenters. The first kappa shape index (κ1) is 14.5. The Morgan fingerprint density at radius 1 is 1.26 bits per heavy atom. The van der Waals surface area contributed by atoms with E-state index in [1.54, 1.807) is 0 Å². The van der Waals surface area contributed by atoms with E-state index in [0.29, 0.717) is 0 Å². The number of nitrogens with one attached hydrogen (secondary N) is 1. The van der Waals surface area contributed by atoms with E-state index in [0.717, 1.165) is 45.2 Å². The Bertz CT molecular complexity index is 383. The third-order valence-corrected chi connectivity index (χ3v) is 5.50. The third kappa shape index (κ3) is 4.60.